The summed E-state index contributed by atoms with van der Waals surface area (Å²) >= 11 is 3.40. The van der Waals surface area contributed by atoms with Crippen molar-refractivity contribution in [1.82, 2.24) is 4.98 Å². The Labute approximate surface area is 112 Å². The number of ether oxygens (including phenoxy) is 1. The molecule has 2 aromatic rings. The van der Waals surface area contributed by atoms with E-state index in [1.54, 1.807) is 13.0 Å². The lowest BCUT2D eigenvalue weighted by Gasteiger charge is -2.05. The van der Waals surface area contributed by atoms with Crippen molar-refractivity contribution in [3.05, 3.63) is 44.2 Å². The number of rotatable bonds is 2. The van der Waals surface area contributed by atoms with Crippen LogP contribution in [0.4, 0.5) is 0 Å². The number of hydrogen-bond acceptors (Lipinski definition) is 3. The van der Waals surface area contributed by atoms with E-state index in [-0.39, 0.29) is 17.6 Å². The highest BCUT2D eigenvalue weighted by Gasteiger charge is 2.14. The van der Waals surface area contributed by atoms with E-state index in [1.165, 1.54) is 6.20 Å². The average molecular weight is 310 g/mol. The van der Waals surface area contributed by atoms with Crippen LogP contribution in [0.15, 0.2) is 27.6 Å². The first-order valence-corrected chi connectivity index (χ1v) is 6.32. The molecule has 0 aliphatic rings. The lowest BCUT2D eigenvalue weighted by Crippen LogP contribution is -2.18. The Morgan fingerprint density at radius 3 is 2.83 bits per heavy atom. The topological polar surface area (TPSA) is 59.2 Å². The zero-order valence-corrected chi connectivity index (χ0v) is 11.6. The number of hydrogen-bond donors (Lipinski definition) is 1. The smallest absolute Gasteiger partial charge is 0.343 e. The molecule has 0 bridgehead atoms. The molecule has 0 saturated carbocycles. The summed E-state index contributed by atoms with van der Waals surface area (Å²) in [4.78, 5) is 26.7. The van der Waals surface area contributed by atoms with Crippen molar-refractivity contribution in [3.63, 3.8) is 0 Å². The molecule has 4 nitrogen and oxygen atoms in total. The maximum Gasteiger partial charge on any atom is 0.343 e. The van der Waals surface area contributed by atoms with Gasteiger partial charge in [0.2, 0.25) is 5.43 Å². The molecule has 1 aromatic heterocycles. The molecule has 2 rings (SSSR count). The molecule has 1 aromatic carbocycles. The van der Waals surface area contributed by atoms with Crippen LogP contribution in [-0.2, 0) is 4.74 Å². The Morgan fingerprint density at radius 1 is 1.44 bits per heavy atom. The fraction of sp³-hybridized carbons (Fsp3) is 0.231. The summed E-state index contributed by atoms with van der Waals surface area (Å²) in [6.07, 6.45) is 1.39. The SMILES string of the molecule is CCOC(=O)c1c[nH]c2cc(Br)c(C)cc2c1=O. The Morgan fingerprint density at radius 2 is 2.17 bits per heavy atom. The predicted molar refractivity (Wildman–Crippen MR) is 73.0 cm³/mol. The van der Waals surface area contributed by atoms with Crippen LogP contribution in [0.1, 0.15) is 22.8 Å². The number of fused-ring (bicyclic) bond motifs is 1. The minimum atomic E-state index is -0.596. The Hall–Kier alpha value is -1.62. The van der Waals surface area contributed by atoms with Gasteiger partial charge in [0.15, 0.2) is 0 Å². The minimum Gasteiger partial charge on any atom is -0.462 e. The molecule has 0 fully saturated rings. The van der Waals surface area contributed by atoms with Gasteiger partial charge in [-0.15, -0.1) is 0 Å². The lowest BCUT2D eigenvalue weighted by atomic mass is 10.1. The van der Waals surface area contributed by atoms with E-state index < -0.39 is 5.97 Å². The third kappa shape index (κ3) is 2.18. The van der Waals surface area contributed by atoms with E-state index in [0.29, 0.717) is 10.9 Å². The quantitative estimate of drug-likeness (QED) is 0.868. The fourth-order valence-corrected chi connectivity index (χ4v) is 2.05. The first-order valence-electron chi connectivity index (χ1n) is 5.53. The second kappa shape index (κ2) is 4.94. The molecule has 0 saturated heterocycles. The number of nitrogens with one attached hydrogen (secondary N) is 1. The van der Waals surface area contributed by atoms with Gasteiger partial charge < -0.3 is 9.72 Å². The van der Waals surface area contributed by atoms with Gasteiger partial charge in [0.05, 0.1) is 12.1 Å². The Balaban J connectivity index is 2.68. The molecule has 0 aliphatic carbocycles. The van der Waals surface area contributed by atoms with Crippen LogP contribution >= 0.6 is 15.9 Å². The van der Waals surface area contributed by atoms with Crippen molar-refractivity contribution in [3.8, 4) is 0 Å². The molecule has 18 heavy (non-hydrogen) atoms. The number of aromatic amines is 1. The maximum atomic E-state index is 12.2. The normalized spacial score (nSPS) is 10.6. The first-order chi connectivity index (χ1) is 8.54. The highest BCUT2D eigenvalue weighted by molar-refractivity contribution is 9.10. The van der Waals surface area contributed by atoms with Gasteiger partial charge in [-0.2, -0.15) is 0 Å². The standard InChI is InChI=1S/C13H12BrNO3/c1-3-18-13(17)9-6-15-11-5-10(14)7(2)4-8(11)12(9)16/h4-6H,3H2,1-2H3,(H,15,16). The van der Waals surface area contributed by atoms with Gasteiger partial charge >= 0.3 is 5.97 Å². The maximum absolute atomic E-state index is 12.2. The van der Waals surface area contributed by atoms with E-state index in [4.69, 9.17) is 4.74 Å². The summed E-state index contributed by atoms with van der Waals surface area (Å²) in [5.74, 6) is -0.596. The monoisotopic (exact) mass is 309 g/mol. The van der Waals surface area contributed by atoms with Gasteiger partial charge in [-0.05, 0) is 31.5 Å². The fourth-order valence-electron chi connectivity index (χ4n) is 1.71. The summed E-state index contributed by atoms with van der Waals surface area (Å²) < 4.78 is 5.76. The molecule has 1 heterocycles. The zero-order chi connectivity index (χ0) is 13.3. The summed E-state index contributed by atoms with van der Waals surface area (Å²) in [6, 6.07) is 3.57. The molecule has 0 spiro atoms. The van der Waals surface area contributed by atoms with Crippen LogP contribution in [0.3, 0.4) is 0 Å². The van der Waals surface area contributed by atoms with Crippen LogP contribution in [0.5, 0.6) is 0 Å². The van der Waals surface area contributed by atoms with Crippen LogP contribution < -0.4 is 5.43 Å². The van der Waals surface area contributed by atoms with Gasteiger partial charge in [0.25, 0.3) is 0 Å². The second-order valence-corrected chi connectivity index (χ2v) is 4.75. The first kappa shape index (κ1) is 12.8. The number of esters is 1. The molecule has 94 valence electrons. The van der Waals surface area contributed by atoms with Crippen LogP contribution in [-0.4, -0.2) is 17.6 Å². The largest absolute Gasteiger partial charge is 0.462 e. The van der Waals surface area contributed by atoms with Crippen molar-refractivity contribution in [2.45, 2.75) is 13.8 Å². The van der Waals surface area contributed by atoms with Crippen LogP contribution in [0, 0.1) is 6.92 Å². The second-order valence-electron chi connectivity index (χ2n) is 3.90. The zero-order valence-electron chi connectivity index (χ0n) is 10.0. The van der Waals surface area contributed by atoms with Gasteiger partial charge in [-0.3, -0.25) is 4.79 Å². The average Bonchev–Trinajstić information content (AvgIpc) is 2.32. The third-order valence-corrected chi connectivity index (χ3v) is 3.51. The molecule has 0 radical (unpaired) electrons. The molecular weight excluding hydrogens is 298 g/mol. The molecule has 0 atom stereocenters. The molecule has 1 N–H and O–H groups in total. The number of carbonyl (C=O) groups is 1. The third-order valence-electron chi connectivity index (χ3n) is 2.66. The number of carbonyl (C=O) groups excluding carboxylic acids is 1. The molecule has 0 unspecified atom stereocenters. The van der Waals surface area contributed by atoms with E-state index in [0.717, 1.165) is 10.0 Å². The van der Waals surface area contributed by atoms with E-state index >= 15 is 0 Å². The summed E-state index contributed by atoms with van der Waals surface area (Å²) in [5, 5.41) is 0.487. The summed E-state index contributed by atoms with van der Waals surface area (Å²) in [7, 11) is 0. The Bertz CT molecular complexity index is 676. The Kier molecular flexibility index (Phi) is 3.52. The van der Waals surface area contributed by atoms with Crippen molar-refractivity contribution in [1.29, 1.82) is 0 Å². The summed E-state index contributed by atoms with van der Waals surface area (Å²) in [5.41, 5.74) is 1.35. The molecule has 5 heteroatoms. The van der Waals surface area contributed by atoms with Crippen molar-refractivity contribution in [2.24, 2.45) is 0 Å². The lowest BCUT2D eigenvalue weighted by molar-refractivity contribution is 0.0524. The van der Waals surface area contributed by atoms with Gasteiger partial charge in [-0.25, -0.2) is 4.79 Å². The highest BCUT2D eigenvalue weighted by atomic mass is 79.9. The van der Waals surface area contributed by atoms with E-state index in [1.807, 2.05) is 13.0 Å². The van der Waals surface area contributed by atoms with Gasteiger partial charge in [0, 0.05) is 16.1 Å². The van der Waals surface area contributed by atoms with Crippen molar-refractivity contribution >= 4 is 32.8 Å². The number of pyridine rings is 1. The van der Waals surface area contributed by atoms with E-state index in [2.05, 4.69) is 20.9 Å². The summed E-state index contributed by atoms with van der Waals surface area (Å²) in [6.45, 7) is 3.84. The molecule has 0 amide bonds. The highest BCUT2D eigenvalue weighted by Crippen LogP contribution is 2.20. The van der Waals surface area contributed by atoms with E-state index in [9.17, 15) is 9.59 Å². The van der Waals surface area contributed by atoms with Crippen molar-refractivity contribution in [2.75, 3.05) is 6.61 Å². The van der Waals surface area contributed by atoms with Crippen LogP contribution in [0.2, 0.25) is 0 Å². The number of aromatic nitrogens is 1. The minimum absolute atomic E-state index is 0.0334. The molecule has 0 aliphatic heterocycles. The number of H-pyrrole nitrogens is 1. The van der Waals surface area contributed by atoms with Crippen LogP contribution in [0.25, 0.3) is 10.9 Å². The molecular formula is C13H12BrNO3. The predicted octanol–water partition coefficient (Wildman–Crippen LogP) is 2.78. The number of halogens is 1. The van der Waals surface area contributed by atoms with Crippen molar-refractivity contribution < 1.29 is 9.53 Å². The number of benzene rings is 1. The number of aryl methyl sites for hydroxylation is 1. The van der Waals surface area contributed by atoms with Gasteiger partial charge in [0.1, 0.15) is 5.56 Å². The van der Waals surface area contributed by atoms with Gasteiger partial charge in [-0.1, -0.05) is 15.9 Å².